The van der Waals surface area contributed by atoms with Crippen LogP contribution in [0.3, 0.4) is 0 Å². The maximum Gasteiger partial charge on any atom is 0.155 e. The van der Waals surface area contributed by atoms with E-state index in [-0.39, 0.29) is 11.2 Å². The molecular formula is C15H26OSi. The number of allylic oxidation sites excluding steroid dienone is 3. The van der Waals surface area contributed by atoms with E-state index in [4.69, 9.17) is 0 Å². The molecule has 0 radical (unpaired) electrons. The van der Waals surface area contributed by atoms with Gasteiger partial charge in [-0.05, 0) is 37.3 Å². The molecule has 1 unspecified atom stereocenters. The zero-order chi connectivity index (χ0) is 13.3. The SMILES string of the molecule is C=C(CC1(C)CCC(=O)C=C1C)C[Si](C)(C)C. The predicted molar refractivity (Wildman–Crippen MR) is 78.0 cm³/mol. The van der Waals surface area contributed by atoms with E-state index in [0.717, 1.165) is 12.8 Å². The quantitative estimate of drug-likeness (QED) is 0.527. The summed E-state index contributed by atoms with van der Waals surface area (Å²) in [5.41, 5.74) is 2.78. The number of hydrogen-bond donors (Lipinski definition) is 0. The maximum atomic E-state index is 11.4. The molecule has 1 aliphatic rings. The Morgan fingerprint density at radius 2 is 2.06 bits per heavy atom. The third-order valence-electron chi connectivity index (χ3n) is 3.67. The molecule has 0 heterocycles. The van der Waals surface area contributed by atoms with Crippen molar-refractivity contribution < 1.29 is 4.79 Å². The molecule has 0 aromatic heterocycles. The van der Waals surface area contributed by atoms with Crippen LogP contribution in [0.15, 0.2) is 23.8 Å². The van der Waals surface area contributed by atoms with Crippen LogP contribution in [-0.2, 0) is 4.79 Å². The fraction of sp³-hybridized carbons (Fsp3) is 0.667. The second kappa shape index (κ2) is 4.93. The van der Waals surface area contributed by atoms with Gasteiger partial charge in [-0.15, -0.1) is 6.58 Å². The number of hydrogen-bond acceptors (Lipinski definition) is 1. The van der Waals surface area contributed by atoms with Crippen molar-refractivity contribution in [2.24, 2.45) is 5.41 Å². The first kappa shape index (κ1) is 14.4. The van der Waals surface area contributed by atoms with Gasteiger partial charge in [0.2, 0.25) is 0 Å². The molecule has 0 saturated heterocycles. The van der Waals surface area contributed by atoms with Crippen LogP contribution in [0.5, 0.6) is 0 Å². The highest BCUT2D eigenvalue weighted by Gasteiger charge is 2.32. The first-order valence-electron chi connectivity index (χ1n) is 6.51. The van der Waals surface area contributed by atoms with E-state index in [9.17, 15) is 4.79 Å². The van der Waals surface area contributed by atoms with Crippen molar-refractivity contribution in [2.45, 2.75) is 58.8 Å². The second-order valence-corrected chi connectivity index (χ2v) is 12.5. The van der Waals surface area contributed by atoms with Crippen LogP contribution in [0.25, 0.3) is 0 Å². The van der Waals surface area contributed by atoms with Crippen molar-refractivity contribution >= 4 is 13.9 Å². The van der Waals surface area contributed by atoms with Crippen LogP contribution in [0.4, 0.5) is 0 Å². The van der Waals surface area contributed by atoms with Crippen molar-refractivity contribution in [1.29, 1.82) is 0 Å². The fourth-order valence-electron chi connectivity index (χ4n) is 2.68. The Hall–Kier alpha value is -0.633. The number of carbonyl (C=O) groups excluding carboxylic acids is 1. The summed E-state index contributed by atoms with van der Waals surface area (Å²) in [6, 6.07) is 1.20. The molecule has 1 aliphatic carbocycles. The van der Waals surface area contributed by atoms with E-state index >= 15 is 0 Å². The smallest absolute Gasteiger partial charge is 0.155 e. The minimum atomic E-state index is -1.06. The van der Waals surface area contributed by atoms with Gasteiger partial charge in [0, 0.05) is 14.5 Å². The van der Waals surface area contributed by atoms with E-state index in [1.54, 1.807) is 0 Å². The minimum absolute atomic E-state index is 0.171. The molecule has 0 fully saturated rings. The lowest BCUT2D eigenvalue weighted by molar-refractivity contribution is -0.115. The molecule has 96 valence electrons. The van der Waals surface area contributed by atoms with Crippen LogP contribution >= 0.6 is 0 Å². The summed E-state index contributed by atoms with van der Waals surface area (Å²) in [5.74, 6) is 0.288. The molecule has 0 spiro atoms. The monoisotopic (exact) mass is 250 g/mol. The first-order chi connectivity index (χ1) is 7.62. The van der Waals surface area contributed by atoms with Gasteiger partial charge >= 0.3 is 0 Å². The highest BCUT2D eigenvalue weighted by atomic mass is 28.3. The number of ketones is 1. The Labute approximate surface area is 107 Å². The molecule has 0 aromatic rings. The minimum Gasteiger partial charge on any atom is -0.295 e. The lowest BCUT2D eigenvalue weighted by Crippen LogP contribution is -2.27. The molecule has 1 rings (SSSR count). The van der Waals surface area contributed by atoms with Gasteiger partial charge in [-0.2, -0.15) is 0 Å². The van der Waals surface area contributed by atoms with Crippen molar-refractivity contribution in [3.8, 4) is 0 Å². The zero-order valence-electron chi connectivity index (χ0n) is 12.0. The van der Waals surface area contributed by atoms with Gasteiger partial charge in [-0.3, -0.25) is 4.79 Å². The van der Waals surface area contributed by atoms with Crippen LogP contribution in [0, 0.1) is 5.41 Å². The van der Waals surface area contributed by atoms with Crippen LogP contribution < -0.4 is 0 Å². The average molecular weight is 250 g/mol. The van der Waals surface area contributed by atoms with E-state index in [0.29, 0.717) is 6.42 Å². The Morgan fingerprint density at radius 1 is 1.47 bits per heavy atom. The topological polar surface area (TPSA) is 17.1 Å². The zero-order valence-corrected chi connectivity index (χ0v) is 13.0. The molecule has 1 atom stereocenters. The first-order valence-corrected chi connectivity index (χ1v) is 10.2. The molecule has 0 aliphatic heterocycles. The van der Waals surface area contributed by atoms with Gasteiger partial charge in [0.05, 0.1) is 0 Å². The lowest BCUT2D eigenvalue weighted by Gasteiger charge is -2.35. The molecule has 0 saturated carbocycles. The van der Waals surface area contributed by atoms with Crippen LogP contribution in [-0.4, -0.2) is 13.9 Å². The van der Waals surface area contributed by atoms with Crippen molar-refractivity contribution in [2.75, 3.05) is 0 Å². The second-order valence-electron chi connectivity index (χ2n) is 7.02. The molecule has 0 aromatic carbocycles. The Kier molecular flexibility index (Phi) is 4.18. The molecule has 0 bridgehead atoms. The average Bonchev–Trinajstić information content (AvgIpc) is 2.09. The molecule has 0 amide bonds. The largest absolute Gasteiger partial charge is 0.295 e. The summed E-state index contributed by atoms with van der Waals surface area (Å²) in [6.07, 6.45) is 4.57. The summed E-state index contributed by atoms with van der Waals surface area (Å²) >= 11 is 0. The summed E-state index contributed by atoms with van der Waals surface area (Å²) in [5, 5.41) is 0. The number of rotatable bonds is 4. The van der Waals surface area contributed by atoms with Gasteiger partial charge in [-0.25, -0.2) is 0 Å². The van der Waals surface area contributed by atoms with Gasteiger partial charge in [0.25, 0.3) is 0 Å². The van der Waals surface area contributed by atoms with Gasteiger partial charge in [0.15, 0.2) is 5.78 Å². The highest BCUT2D eigenvalue weighted by Crippen LogP contribution is 2.42. The molecule has 2 heteroatoms. The molecule has 0 N–H and O–H groups in total. The molecular weight excluding hydrogens is 224 g/mol. The van der Waals surface area contributed by atoms with Gasteiger partial charge in [-0.1, -0.05) is 37.7 Å². The van der Waals surface area contributed by atoms with Crippen LogP contribution in [0.1, 0.15) is 33.1 Å². The van der Waals surface area contributed by atoms with Crippen LogP contribution in [0.2, 0.25) is 25.7 Å². The van der Waals surface area contributed by atoms with Gasteiger partial charge < -0.3 is 0 Å². The number of carbonyl (C=O) groups is 1. The normalized spacial score (nSPS) is 25.7. The summed E-state index contributed by atoms with van der Waals surface area (Å²) in [7, 11) is -1.06. The molecule has 1 nitrogen and oxygen atoms in total. The fourth-order valence-corrected chi connectivity index (χ4v) is 4.30. The highest BCUT2D eigenvalue weighted by molar-refractivity contribution is 6.76. The Balaban J connectivity index is 2.71. The van der Waals surface area contributed by atoms with Gasteiger partial charge in [0.1, 0.15) is 0 Å². The van der Waals surface area contributed by atoms with Crippen molar-refractivity contribution in [3.05, 3.63) is 23.8 Å². The Bertz CT molecular complexity index is 360. The Morgan fingerprint density at radius 3 is 2.53 bits per heavy atom. The van der Waals surface area contributed by atoms with E-state index < -0.39 is 8.07 Å². The molecule has 17 heavy (non-hydrogen) atoms. The van der Waals surface area contributed by atoms with Crippen molar-refractivity contribution in [3.63, 3.8) is 0 Å². The third kappa shape index (κ3) is 4.27. The predicted octanol–water partition coefficient (Wildman–Crippen LogP) is 4.59. The lowest BCUT2D eigenvalue weighted by atomic mass is 9.71. The van der Waals surface area contributed by atoms with E-state index in [2.05, 4.69) is 40.1 Å². The summed E-state index contributed by atoms with van der Waals surface area (Å²) in [6.45, 7) is 15.8. The summed E-state index contributed by atoms with van der Waals surface area (Å²) in [4.78, 5) is 11.4. The third-order valence-corrected chi connectivity index (χ3v) is 5.23. The van der Waals surface area contributed by atoms with E-state index in [1.807, 2.05) is 6.08 Å². The standard InChI is InChI=1S/C15H26OSi/c1-12(11-17(4,5)6)10-15(3)8-7-14(16)9-13(15)2/h9H,1,7-8,10-11H2,2-6H3. The maximum absolute atomic E-state index is 11.4. The van der Waals surface area contributed by atoms with Crippen molar-refractivity contribution in [1.82, 2.24) is 0 Å². The van der Waals surface area contributed by atoms with E-state index in [1.165, 1.54) is 17.2 Å². The summed E-state index contributed by atoms with van der Waals surface area (Å²) < 4.78 is 0.